The van der Waals surface area contributed by atoms with Gasteiger partial charge in [-0.05, 0) is 30.0 Å². The molecular formula is C22H24N2O2. The van der Waals surface area contributed by atoms with E-state index in [1.54, 1.807) is 4.90 Å². The van der Waals surface area contributed by atoms with E-state index in [0.717, 1.165) is 42.6 Å². The number of benzene rings is 2. The number of carbonyl (C=O) groups is 2. The molecule has 1 saturated heterocycles. The second kappa shape index (κ2) is 7.32. The lowest BCUT2D eigenvalue weighted by Gasteiger charge is -2.32. The minimum absolute atomic E-state index is 0.0439. The quantitative estimate of drug-likeness (QED) is 0.847. The molecule has 4 rings (SSSR count). The van der Waals surface area contributed by atoms with Gasteiger partial charge in [-0.15, -0.1) is 0 Å². The number of nitrogens with zero attached hydrogens (tertiary/aromatic N) is 2. The van der Waals surface area contributed by atoms with Gasteiger partial charge in [0.05, 0.1) is 0 Å². The van der Waals surface area contributed by atoms with Crippen LogP contribution in [0.2, 0.25) is 0 Å². The molecule has 2 amide bonds. The number of hydrogen-bond acceptors (Lipinski definition) is 2. The average Bonchev–Trinajstić information content (AvgIpc) is 2.86. The van der Waals surface area contributed by atoms with Gasteiger partial charge in [0.2, 0.25) is 5.91 Å². The Labute approximate surface area is 154 Å². The maximum absolute atomic E-state index is 13.5. The van der Waals surface area contributed by atoms with Crippen molar-refractivity contribution in [3.63, 3.8) is 0 Å². The second-order valence-corrected chi connectivity index (χ2v) is 7.14. The third-order valence-corrected chi connectivity index (χ3v) is 5.43. The summed E-state index contributed by atoms with van der Waals surface area (Å²) in [5.41, 5.74) is 2.61. The van der Waals surface area contributed by atoms with Crippen LogP contribution in [0.1, 0.15) is 53.2 Å². The molecule has 0 bridgehead atoms. The van der Waals surface area contributed by atoms with Crippen molar-refractivity contribution in [3.05, 3.63) is 71.3 Å². The van der Waals surface area contributed by atoms with Crippen LogP contribution in [-0.4, -0.2) is 34.7 Å². The number of rotatable bonds is 3. The van der Waals surface area contributed by atoms with E-state index in [4.69, 9.17) is 0 Å². The molecule has 0 unspecified atom stereocenters. The van der Waals surface area contributed by atoms with Crippen molar-refractivity contribution in [3.8, 4) is 0 Å². The maximum Gasteiger partial charge on any atom is 0.255 e. The normalized spacial score (nSPS) is 18.4. The first-order valence-electron chi connectivity index (χ1n) is 9.48. The summed E-state index contributed by atoms with van der Waals surface area (Å²) >= 11 is 0. The fourth-order valence-electron chi connectivity index (χ4n) is 4.04. The Kier molecular flexibility index (Phi) is 4.74. The van der Waals surface area contributed by atoms with Crippen molar-refractivity contribution >= 4 is 11.8 Å². The zero-order valence-electron chi connectivity index (χ0n) is 14.9. The molecule has 2 aliphatic rings. The Balaban J connectivity index is 1.68. The van der Waals surface area contributed by atoms with Gasteiger partial charge in [-0.1, -0.05) is 61.4 Å². The van der Waals surface area contributed by atoms with Crippen molar-refractivity contribution in [2.75, 3.05) is 13.1 Å². The summed E-state index contributed by atoms with van der Waals surface area (Å²) in [4.78, 5) is 30.2. The molecule has 2 heterocycles. The van der Waals surface area contributed by atoms with Crippen molar-refractivity contribution in [1.29, 1.82) is 0 Å². The Morgan fingerprint density at radius 2 is 1.50 bits per heavy atom. The van der Waals surface area contributed by atoms with Crippen molar-refractivity contribution in [1.82, 2.24) is 9.80 Å². The van der Waals surface area contributed by atoms with E-state index in [-0.39, 0.29) is 11.8 Å². The van der Waals surface area contributed by atoms with Crippen LogP contribution in [0.25, 0.3) is 0 Å². The van der Waals surface area contributed by atoms with E-state index in [9.17, 15) is 9.59 Å². The second-order valence-electron chi connectivity index (χ2n) is 7.14. The lowest BCUT2D eigenvalue weighted by Crippen LogP contribution is -2.43. The molecule has 0 spiro atoms. The Hall–Kier alpha value is -2.62. The molecular weight excluding hydrogens is 324 g/mol. The molecule has 0 N–H and O–H groups in total. The van der Waals surface area contributed by atoms with Gasteiger partial charge in [0, 0.05) is 25.2 Å². The van der Waals surface area contributed by atoms with Crippen LogP contribution in [0.4, 0.5) is 0 Å². The first-order chi connectivity index (χ1) is 12.8. The van der Waals surface area contributed by atoms with Crippen molar-refractivity contribution in [2.45, 2.75) is 38.3 Å². The molecule has 2 aromatic carbocycles. The van der Waals surface area contributed by atoms with Gasteiger partial charge in [-0.25, -0.2) is 0 Å². The van der Waals surface area contributed by atoms with Crippen LogP contribution in [0.15, 0.2) is 54.6 Å². The lowest BCUT2D eigenvalue weighted by molar-refractivity contribution is -0.136. The van der Waals surface area contributed by atoms with Gasteiger partial charge in [-0.3, -0.25) is 9.59 Å². The minimum atomic E-state index is -0.547. The maximum atomic E-state index is 13.5. The van der Waals surface area contributed by atoms with Gasteiger partial charge in [0.15, 0.2) is 0 Å². The number of fused-ring (bicyclic) bond motifs is 1. The first-order valence-corrected chi connectivity index (χ1v) is 9.48. The number of hydrogen-bond donors (Lipinski definition) is 0. The molecule has 4 nitrogen and oxygen atoms in total. The zero-order chi connectivity index (χ0) is 17.9. The summed E-state index contributed by atoms with van der Waals surface area (Å²) < 4.78 is 0. The molecule has 4 heteroatoms. The molecule has 2 aliphatic heterocycles. The van der Waals surface area contributed by atoms with E-state index in [1.165, 1.54) is 12.8 Å². The number of carbonyl (C=O) groups excluding carboxylic acids is 2. The summed E-state index contributed by atoms with van der Waals surface area (Å²) in [7, 11) is 0. The van der Waals surface area contributed by atoms with Gasteiger partial charge in [-0.2, -0.15) is 0 Å². The molecule has 134 valence electrons. The smallest absolute Gasteiger partial charge is 0.255 e. The highest BCUT2D eigenvalue weighted by atomic mass is 16.2. The number of likely N-dealkylation sites (tertiary alicyclic amines) is 1. The zero-order valence-corrected chi connectivity index (χ0v) is 14.9. The highest BCUT2D eigenvalue weighted by molar-refractivity contribution is 6.01. The molecule has 0 aliphatic carbocycles. The Bertz CT molecular complexity index is 795. The third-order valence-electron chi connectivity index (χ3n) is 5.43. The molecule has 1 fully saturated rings. The minimum Gasteiger partial charge on any atom is -0.341 e. The summed E-state index contributed by atoms with van der Waals surface area (Å²) in [5.74, 6) is 0.0110. The average molecular weight is 348 g/mol. The van der Waals surface area contributed by atoms with E-state index in [1.807, 2.05) is 59.5 Å². The summed E-state index contributed by atoms with van der Waals surface area (Å²) in [5, 5.41) is 0. The van der Waals surface area contributed by atoms with Crippen LogP contribution in [0, 0.1) is 0 Å². The predicted octanol–water partition coefficient (Wildman–Crippen LogP) is 3.79. The predicted molar refractivity (Wildman–Crippen MR) is 101 cm³/mol. The first kappa shape index (κ1) is 16.8. The Morgan fingerprint density at radius 3 is 2.19 bits per heavy atom. The fraction of sp³-hybridized carbons (Fsp3) is 0.364. The van der Waals surface area contributed by atoms with E-state index >= 15 is 0 Å². The van der Waals surface area contributed by atoms with Gasteiger partial charge >= 0.3 is 0 Å². The molecule has 0 aromatic heterocycles. The summed E-state index contributed by atoms with van der Waals surface area (Å²) in [6, 6.07) is 16.8. The number of amides is 2. The summed E-state index contributed by atoms with van der Waals surface area (Å²) in [6.45, 7) is 2.07. The molecule has 1 atom stereocenters. The highest BCUT2D eigenvalue weighted by Crippen LogP contribution is 2.33. The van der Waals surface area contributed by atoms with Gasteiger partial charge in [0.1, 0.15) is 6.04 Å². The van der Waals surface area contributed by atoms with Gasteiger partial charge < -0.3 is 9.80 Å². The van der Waals surface area contributed by atoms with E-state index < -0.39 is 6.04 Å². The highest BCUT2D eigenvalue weighted by Gasteiger charge is 2.38. The standard InChI is InChI=1S/C22H24N2O2/c25-21-19-13-7-6-12-18(19)16-24(21)20(17-10-4-3-5-11-17)22(26)23-14-8-1-2-9-15-23/h3-7,10-13,20H,1-2,8-9,14-16H2/t20-/m1/s1. The van der Waals surface area contributed by atoms with E-state index in [0.29, 0.717) is 6.54 Å². The monoisotopic (exact) mass is 348 g/mol. The Morgan fingerprint density at radius 1 is 0.846 bits per heavy atom. The van der Waals surface area contributed by atoms with Crippen LogP contribution >= 0.6 is 0 Å². The van der Waals surface area contributed by atoms with Gasteiger partial charge in [0.25, 0.3) is 5.91 Å². The van der Waals surface area contributed by atoms with Crippen LogP contribution < -0.4 is 0 Å². The fourth-order valence-corrected chi connectivity index (χ4v) is 4.04. The lowest BCUT2D eigenvalue weighted by atomic mass is 10.0. The van der Waals surface area contributed by atoms with Crippen molar-refractivity contribution < 1.29 is 9.59 Å². The van der Waals surface area contributed by atoms with E-state index in [2.05, 4.69) is 0 Å². The van der Waals surface area contributed by atoms with Crippen molar-refractivity contribution in [2.24, 2.45) is 0 Å². The molecule has 26 heavy (non-hydrogen) atoms. The third kappa shape index (κ3) is 3.12. The molecule has 0 saturated carbocycles. The topological polar surface area (TPSA) is 40.6 Å². The summed E-state index contributed by atoms with van der Waals surface area (Å²) in [6.07, 6.45) is 4.44. The SMILES string of the molecule is O=C([C@@H](c1ccccc1)N1Cc2ccccc2C1=O)N1CCCCCC1. The van der Waals surface area contributed by atoms with Crippen LogP contribution in [-0.2, 0) is 11.3 Å². The van der Waals surface area contributed by atoms with Crippen LogP contribution in [0.3, 0.4) is 0 Å². The van der Waals surface area contributed by atoms with Crippen LogP contribution in [0.5, 0.6) is 0 Å². The largest absolute Gasteiger partial charge is 0.341 e. The molecule has 2 aromatic rings. The molecule has 0 radical (unpaired) electrons.